The van der Waals surface area contributed by atoms with Gasteiger partial charge in [0.2, 0.25) is 5.91 Å². The Morgan fingerprint density at radius 2 is 2.03 bits per heavy atom. The fourth-order valence-corrected chi connectivity index (χ4v) is 5.48. The number of hydrogen-bond donors (Lipinski definition) is 1. The summed E-state index contributed by atoms with van der Waals surface area (Å²) in [7, 11) is 0. The lowest BCUT2D eigenvalue weighted by molar-refractivity contribution is -0.117. The Kier molecular flexibility index (Phi) is 6.53. The minimum atomic E-state index is -0.299. The highest BCUT2D eigenvalue weighted by molar-refractivity contribution is 5.94. The predicted molar refractivity (Wildman–Crippen MR) is 134 cm³/mol. The lowest BCUT2D eigenvalue weighted by atomic mass is 9.93. The van der Waals surface area contributed by atoms with Crippen LogP contribution in [-0.2, 0) is 22.4 Å². The molecule has 5 rings (SSSR count). The Bertz CT molecular complexity index is 1200. The van der Waals surface area contributed by atoms with E-state index in [0.717, 1.165) is 55.4 Å². The summed E-state index contributed by atoms with van der Waals surface area (Å²) in [6.07, 6.45) is 2.19. The number of halogens is 1. The summed E-state index contributed by atoms with van der Waals surface area (Å²) in [6.45, 7) is 6.83. The standard InChI is InChI=1S/C28H32FN3O2/c1-19-18-32(26-4-2-3-21-17-23(29)6-8-24(21)26)13-12-31(19)11-9-27-25-7-5-20(16-28(30)33)15-22(25)10-14-34-27/h2-8,15,17,19,27H,9-14,16,18H2,1H3,(H2,30,33)/t19-,27?/m1/s1. The highest BCUT2D eigenvalue weighted by atomic mass is 19.1. The predicted octanol–water partition coefficient (Wildman–Crippen LogP) is 4.22. The van der Waals surface area contributed by atoms with E-state index in [4.69, 9.17) is 10.5 Å². The lowest BCUT2D eigenvalue weighted by Gasteiger charge is -2.42. The van der Waals surface area contributed by atoms with Gasteiger partial charge in [-0.15, -0.1) is 0 Å². The Labute approximate surface area is 200 Å². The summed E-state index contributed by atoms with van der Waals surface area (Å²) >= 11 is 0. The molecule has 1 fully saturated rings. The molecule has 1 unspecified atom stereocenters. The number of ether oxygens (including phenoxy) is 1. The molecular weight excluding hydrogens is 429 g/mol. The molecule has 5 nitrogen and oxygen atoms in total. The van der Waals surface area contributed by atoms with Crippen LogP contribution in [0, 0.1) is 5.82 Å². The highest BCUT2D eigenvalue weighted by Gasteiger charge is 2.27. The smallest absolute Gasteiger partial charge is 0.221 e. The Morgan fingerprint density at radius 1 is 1.15 bits per heavy atom. The average molecular weight is 462 g/mol. The molecule has 2 aliphatic heterocycles. The molecule has 178 valence electrons. The molecule has 0 spiro atoms. The van der Waals surface area contributed by atoms with E-state index in [1.807, 2.05) is 24.3 Å². The molecule has 0 radical (unpaired) electrons. The van der Waals surface area contributed by atoms with Crippen LogP contribution in [0.25, 0.3) is 10.8 Å². The van der Waals surface area contributed by atoms with Gasteiger partial charge in [-0.1, -0.05) is 30.3 Å². The molecule has 2 N–H and O–H groups in total. The normalized spacial score (nSPS) is 20.9. The zero-order valence-electron chi connectivity index (χ0n) is 19.7. The van der Waals surface area contributed by atoms with Crippen LogP contribution >= 0.6 is 0 Å². The topological polar surface area (TPSA) is 58.8 Å². The second-order valence-electron chi connectivity index (χ2n) is 9.55. The summed E-state index contributed by atoms with van der Waals surface area (Å²) in [5.41, 5.74) is 10.0. The molecule has 2 aliphatic rings. The number of fused-ring (bicyclic) bond motifs is 2. The third-order valence-electron chi connectivity index (χ3n) is 7.23. The van der Waals surface area contributed by atoms with Gasteiger partial charge in [0, 0.05) is 43.3 Å². The number of rotatable bonds is 6. The number of benzene rings is 3. The summed E-state index contributed by atoms with van der Waals surface area (Å²) in [4.78, 5) is 16.2. The molecule has 3 aromatic carbocycles. The Morgan fingerprint density at radius 3 is 2.85 bits per heavy atom. The Balaban J connectivity index is 1.23. The van der Waals surface area contributed by atoms with Crippen molar-refractivity contribution < 1.29 is 13.9 Å². The van der Waals surface area contributed by atoms with E-state index in [9.17, 15) is 9.18 Å². The molecule has 1 saturated heterocycles. The van der Waals surface area contributed by atoms with Gasteiger partial charge in [-0.3, -0.25) is 9.69 Å². The summed E-state index contributed by atoms with van der Waals surface area (Å²) in [5, 5.41) is 2.05. The molecule has 1 amide bonds. The third-order valence-corrected chi connectivity index (χ3v) is 7.23. The van der Waals surface area contributed by atoms with Crippen LogP contribution in [-0.4, -0.2) is 49.6 Å². The van der Waals surface area contributed by atoms with Crippen LogP contribution in [0.4, 0.5) is 10.1 Å². The third kappa shape index (κ3) is 4.79. The van der Waals surface area contributed by atoms with E-state index in [-0.39, 0.29) is 24.2 Å². The first-order valence-corrected chi connectivity index (χ1v) is 12.2. The van der Waals surface area contributed by atoms with Gasteiger partial charge < -0.3 is 15.4 Å². The molecule has 0 saturated carbocycles. The lowest BCUT2D eigenvalue weighted by Crippen LogP contribution is -2.52. The molecular formula is C28H32FN3O2. The molecule has 2 heterocycles. The SMILES string of the molecule is C[C@@H]1CN(c2cccc3cc(F)ccc23)CCN1CCC1OCCc2cc(CC(N)=O)ccc21. The highest BCUT2D eigenvalue weighted by Crippen LogP contribution is 2.32. The molecule has 0 bridgehead atoms. The van der Waals surface area contributed by atoms with Crippen LogP contribution in [0.1, 0.15) is 36.1 Å². The molecule has 0 aromatic heterocycles. The van der Waals surface area contributed by atoms with E-state index in [2.05, 4.69) is 34.9 Å². The number of nitrogens with two attached hydrogens (primary N) is 1. The van der Waals surface area contributed by atoms with Gasteiger partial charge in [0.1, 0.15) is 5.82 Å². The van der Waals surface area contributed by atoms with Crippen molar-refractivity contribution >= 4 is 22.4 Å². The van der Waals surface area contributed by atoms with Gasteiger partial charge in [0.15, 0.2) is 0 Å². The summed E-state index contributed by atoms with van der Waals surface area (Å²) in [5.74, 6) is -0.495. The first-order valence-electron chi connectivity index (χ1n) is 12.2. The van der Waals surface area contributed by atoms with Crippen molar-refractivity contribution in [2.45, 2.75) is 38.3 Å². The van der Waals surface area contributed by atoms with Crippen LogP contribution in [0.15, 0.2) is 54.6 Å². The van der Waals surface area contributed by atoms with Crippen LogP contribution < -0.4 is 10.6 Å². The van der Waals surface area contributed by atoms with Gasteiger partial charge in [0.05, 0.1) is 19.1 Å². The van der Waals surface area contributed by atoms with Gasteiger partial charge in [-0.25, -0.2) is 4.39 Å². The van der Waals surface area contributed by atoms with Crippen LogP contribution in [0.5, 0.6) is 0 Å². The fraction of sp³-hybridized carbons (Fsp3) is 0.393. The summed E-state index contributed by atoms with van der Waals surface area (Å²) in [6, 6.07) is 17.8. The zero-order chi connectivity index (χ0) is 23.7. The van der Waals surface area contributed by atoms with Gasteiger partial charge >= 0.3 is 0 Å². The number of anilines is 1. The number of carbonyl (C=O) groups is 1. The van der Waals surface area contributed by atoms with E-state index in [0.29, 0.717) is 12.6 Å². The maximum atomic E-state index is 13.7. The van der Waals surface area contributed by atoms with Crippen molar-refractivity contribution in [3.63, 3.8) is 0 Å². The number of piperazine rings is 1. The van der Waals surface area contributed by atoms with Gasteiger partial charge in [0.25, 0.3) is 0 Å². The fourth-order valence-electron chi connectivity index (χ4n) is 5.48. The summed E-state index contributed by atoms with van der Waals surface area (Å²) < 4.78 is 19.8. The molecule has 2 atom stereocenters. The van der Waals surface area contributed by atoms with E-state index < -0.39 is 0 Å². The number of hydrogen-bond acceptors (Lipinski definition) is 4. The number of nitrogens with zero attached hydrogens (tertiary/aromatic N) is 2. The molecule has 34 heavy (non-hydrogen) atoms. The largest absolute Gasteiger partial charge is 0.373 e. The first kappa shape index (κ1) is 22.8. The minimum Gasteiger partial charge on any atom is -0.373 e. The number of primary amides is 1. The second-order valence-corrected chi connectivity index (χ2v) is 9.55. The first-order chi connectivity index (χ1) is 16.5. The van der Waals surface area contributed by atoms with Crippen molar-refractivity contribution in [3.8, 4) is 0 Å². The molecule has 6 heteroatoms. The van der Waals surface area contributed by atoms with Crippen molar-refractivity contribution in [2.75, 3.05) is 37.7 Å². The maximum absolute atomic E-state index is 13.7. The second kappa shape index (κ2) is 9.72. The van der Waals surface area contributed by atoms with Crippen LogP contribution in [0.3, 0.4) is 0 Å². The van der Waals surface area contributed by atoms with Crippen molar-refractivity contribution in [1.82, 2.24) is 4.90 Å². The minimum absolute atomic E-state index is 0.0876. The number of amides is 1. The quantitative estimate of drug-likeness (QED) is 0.597. The van der Waals surface area contributed by atoms with Crippen molar-refractivity contribution in [2.24, 2.45) is 5.73 Å². The monoisotopic (exact) mass is 461 g/mol. The van der Waals surface area contributed by atoms with Crippen molar-refractivity contribution in [3.05, 3.63) is 77.1 Å². The molecule has 3 aromatic rings. The van der Waals surface area contributed by atoms with Crippen molar-refractivity contribution in [1.29, 1.82) is 0 Å². The maximum Gasteiger partial charge on any atom is 0.221 e. The Hall–Kier alpha value is -2.96. The van der Waals surface area contributed by atoms with E-state index in [1.165, 1.54) is 16.8 Å². The van der Waals surface area contributed by atoms with E-state index in [1.54, 1.807) is 12.1 Å². The van der Waals surface area contributed by atoms with E-state index >= 15 is 0 Å². The number of carbonyl (C=O) groups excluding carboxylic acids is 1. The van der Waals surface area contributed by atoms with Gasteiger partial charge in [-0.05, 0) is 66.1 Å². The molecule has 0 aliphatic carbocycles. The average Bonchev–Trinajstić information content (AvgIpc) is 2.82. The van der Waals surface area contributed by atoms with Gasteiger partial charge in [-0.2, -0.15) is 0 Å². The van der Waals surface area contributed by atoms with Crippen LogP contribution in [0.2, 0.25) is 0 Å². The zero-order valence-corrected chi connectivity index (χ0v) is 19.7.